The van der Waals surface area contributed by atoms with Gasteiger partial charge in [-0.25, -0.2) is 4.79 Å². The molecule has 0 aliphatic rings. The predicted octanol–water partition coefficient (Wildman–Crippen LogP) is 0.821. The maximum absolute atomic E-state index is 11.4. The van der Waals surface area contributed by atoms with E-state index >= 15 is 0 Å². The number of methoxy groups -OCH3 is 1. The molecular weight excluding hydrogens is 182 g/mol. The van der Waals surface area contributed by atoms with Crippen LogP contribution in [0, 0.1) is 0 Å². The number of aromatic nitrogens is 1. The van der Waals surface area contributed by atoms with Gasteiger partial charge in [-0.05, 0) is 6.07 Å². The first-order valence-corrected chi connectivity index (χ1v) is 4.08. The number of esters is 1. The van der Waals surface area contributed by atoms with Crippen LogP contribution in [0.2, 0.25) is 0 Å². The van der Waals surface area contributed by atoms with Gasteiger partial charge in [0.1, 0.15) is 0 Å². The Bertz CT molecular complexity index is 406. The molecule has 0 aliphatic carbocycles. The molecule has 0 saturated heterocycles. The largest absolute Gasteiger partial charge is 0.465 e. The third kappa shape index (κ3) is 2.10. The maximum atomic E-state index is 11.4. The fourth-order valence-corrected chi connectivity index (χ4v) is 1.04. The standard InChI is InChI=1S/C10H11NO3/c1-3-5-11-6-4-8(7-9(11)12)10(13)14-2/h3-4,6-7H,1,5H2,2H3. The van der Waals surface area contributed by atoms with E-state index in [0.29, 0.717) is 6.54 Å². The lowest BCUT2D eigenvalue weighted by molar-refractivity contribution is 0.0600. The molecule has 0 saturated carbocycles. The van der Waals surface area contributed by atoms with Crippen molar-refractivity contribution in [3.8, 4) is 0 Å². The smallest absolute Gasteiger partial charge is 0.338 e. The van der Waals surface area contributed by atoms with Gasteiger partial charge in [-0.2, -0.15) is 0 Å². The van der Waals surface area contributed by atoms with Crippen LogP contribution in [-0.4, -0.2) is 17.6 Å². The number of pyridine rings is 1. The van der Waals surface area contributed by atoms with E-state index in [1.54, 1.807) is 6.08 Å². The zero-order chi connectivity index (χ0) is 10.6. The summed E-state index contributed by atoms with van der Waals surface area (Å²) in [6, 6.07) is 2.78. The van der Waals surface area contributed by atoms with Crippen LogP contribution >= 0.6 is 0 Å². The molecule has 74 valence electrons. The number of hydrogen-bond acceptors (Lipinski definition) is 3. The molecule has 0 aliphatic heterocycles. The predicted molar refractivity (Wildman–Crippen MR) is 52.2 cm³/mol. The molecule has 1 aromatic heterocycles. The van der Waals surface area contributed by atoms with Crippen molar-refractivity contribution < 1.29 is 9.53 Å². The number of rotatable bonds is 3. The van der Waals surface area contributed by atoms with Gasteiger partial charge in [-0.1, -0.05) is 6.08 Å². The summed E-state index contributed by atoms with van der Waals surface area (Å²) in [5.41, 5.74) is 0.0191. The Hall–Kier alpha value is -1.84. The lowest BCUT2D eigenvalue weighted by atomic mass is 10.3. The molecule has 0 bridgehead atoms. The summed E-state index contributed by atoms with van der Waals surface area (Å²) in [4.78, 5) is 22.4. The van der Waals surface area contributed by atoms with Crippen LogP contribution in [0.15, 0.2) is 35.8 Å². The number of nitrogens with zero attached hydrogens (tertiary/aromatic N) is 1. The highest BCUT2D eigenvalue weighted by Gasteiger charge is 2.05. The average molecular weight is 193 g/mol. The van der Waals surface area contributed by atoms with E-state index in [2.05, 4.69) is 11.3 Å². The zero-order valence-corrected chi connectivity index (χ0v) is 7.90. The van der Waals surface area contributed by atoms with Crippen LogP contribution in [0.25, 0.3) is 0 Å². The van der Waals surface area contributed by atoms with E-state index in [1.807, 2.05) is 0 Å². The molecule has 0 radical (unpaired) electrons. The van der Waals surface area contributed by atoms with Gasteiger partial charge in [0, 0.05) is 18.8 Å². The van der Waals surface area contributed by atoms with Crippen LogP contribution in [0.4, 0.5) is 0 Å². The van der Waals surface area contributed by atoms with Gasteiger partial charge < -0.3 is 9.30 Å². The number of ether oxygens (including phenoxy) is 1. The normalized spacial score (nSPS) is 9.50. The van der Waals surface area contributed by atoms with Gasteiger partial charge in [0.05, 0.1) is 12.7 Å². The summed E-state index contributed by atoms with van der Waals surface area (Å²) in [5, 5.41) is 0. The van der Waals surface area contributed by atoms with Crippen molar-refractivity contribution in [1.82, 2.24) is 4.57 Å². The number of hydrogen-bond donors (Lipinski definition) is 0. The van der Waals surface area contributed by atoms with E-state index in [-0.39, 0.29) is 11.1 Å². The van der Waals surface area contributed by atoms with E-state index in [1.165, 1.54) is 30.0 Å². The monoisotopic (exact) mass is 193 g/mol. The average Bonchev–Trinajstić information content (AvgIpc) is 2.20. The molecule has 1 aromatic rings. The molecule has 0 unspecified atom stereocenters. The van der Waals surface area contributed by atoms with E-state index < -0.39 is 5.97 Å². The highest BCUT2D eigenvalue weighted by atomic mass is 16.5. The number of allylic oxidation sites excluding steroid dienone is 1. The van der Waals surface area contributed by atoms with Crippen molar-refractivity contribution in [2.75, 3.05) is 7.11 Å². The maximum Gasteiger partial charge on any atom is 0.338 e. The Morgan fingerprint density at radius 3 is 2.93 bits per heavy atom. The highest BCUT2D eigenvalue weighted by molar-refractivity contribution is 5.88. The molecule has 0 atom stereocenters. The summed E-state index contributed by atoms with van der Waals surface area (Å²) >= 11 is 0. The van der Waals surface area contributed by atoms with Gasteiger partial charge in [0.25, 0.3) is 5.56 Å². The van der Waals surface area contributed by atoms with Gasteiger partial charge in [-0.15, -0.1) is 6.58 Å². The Balaban J connectivity index is 3.06. The van der Waals surface area contributed by atoms with Crippen molar-refractivity contribution in [2.24, 2.45) is 0 Å². The molecule has 0 N–H and O–H groups in total. The summed E-state index contributed by atoms with van der Waals surface area (Å²) < 4.78 is 5.93. The van der Waals surface area contributed by atoms with Gasteiger partial charge in [0.2, 0.25) is 0 Å². The third-order valence-electron chi connectivity index (χ3n) is 1.74. The SMILES string of the molecule is C=CCn1ccc(C(=O)OC)cc1=O. The molecule has 0 fully saturated rings. The third-order valence-corrected chi connectivity index (χ3v) is 1.74. The lowest BCUT2D eigenvalue weighted by Crippen LogP contribution is -2.19. The quantitative estimate of drug-likeness (QED) is 0.527. The van der Waals surface area contributed by atoms with Crippen LogP contribution in [0.1, 0.15) is 10.4 Å². The molecule has 0 aromatic carbocycles. The minimum absolute atomic E-state index is 0.243. The Morgan fingerprint density at radius 1 is 1.71 bits per heavy atom. The Labute approximate surface area is 81.4 Å². The van der Waals surface area contributed by atoms with Crippen molar-refractivity contribution in [3.05, 3.63) is 46.9 Å². The first-order valence-electron chi connectivity index (χ1n) is 4.08. The van der Waals surface area contributed by atoms with E-state index in [4.69, 9.17) is 0 Å². The molecule has 1 heterocycles. The van der Waals surface area contributed by atoms with Crippen molar-refractivity contribution in [1.29, 1.82) is 0 Å². The second kappa shape index (κ2) is 4.41. The second-order valence-corrected chi connectivity index (χ2v) is 2.69. The summed E-state index contributed by atoms with van der Waals surface area (Å²) in [6.07, 6.45) is 3.15. The number of carbonyl (C=O) groups is 1. The molecule has 4 heteroatoms. The fourth-order valence-electron chi connectivity index (χ4n) is 1.04. The second-order valence-electron chi connectivity index (χ2n) is 2.69. The minimum atomic E-state index is -0.507. The van der Waals surface area contributed by atoms with Gasteiger partial charge in [-0.3, -0.25) is 4.79 Å². The van der Waals surface area contributed by atoms with Gasteiger partial charge >= 0.3 is 5.97 Å². The summed E-state index contributed by atoms with van der Waals surface area (Å²) in [7, 11) is 1.28. The molecular formula is C10H11NO3. The summed E-state index contributed by atoms with van der Waals surface area (Å²) in [6.45, 7) is 3.95. The van der Waals surface area contributed by atoms with Crippen LogP contribution in [0.3, 0.4) is 0 Å². The molecule has 4 nitrogen and oxygen atoms in total. The van der Waals surface area contributed by atoms with Crippen molar-refractivity contribution in [2.45, 2.75) is 6.54 Å². The minimum Gasteiger partial charge on any atom is -0.465 e. The molecule has 0 spiro atoms. The van der Waals surface area contributed by atoms with Crippen LogP contribution < -0.4 is 5.56 Å². The van der Waals surface area contributed by atoms with E-state index in [9.17, 15) is 9.59 Å². The number of carbonyl (C=O) groups excluding carboxylic acids is 1. The summed E-state index contributed by atoms with van der Waals surface area (Å²) in [5.74, 6) is -0.507. The van der Waals surface area contributed by atoms with Crippen LogP contribution in [-0.2, 0) is 11.3 Å². The molecule has 0 amide bonds. The van der Waals surface area contributed by atoms with Gasteiger partial charge in [0.15, 0.2) is 0 Å². The molecule has 1 rings (SSSR count). The molecule has 14 heavy (non-hydrogen) atoms. The Kier molecular flexibility index (Phi) is 3.23. The van der Waals surface area contributed by atoms with Crippen molar-refractivity contribution >= 4 is 5.97 Å². The first kappa shape index (κ1) is 10.2. The lowest BCUT2D eigenvalue weighted by Gasteiger charge is -2.02. The highest BCUT2D eigenvalue weighted by Crippen LogP contribution is 1.96. The fraction of sp³-hybridized carbons (Fsp3) is 0.200. The first-order chi connectivity index (χ1) is 6.69. The van der Waals surface area contributed by atoms with Crippen LogP contribution in [0.5, 0.6) is 0 Å². The Morgan fingerprint density at radius 2 is 2.43 bits per heavy atom. The van der Waals surface area contributed by atoms with Crippen molar-refractivity contribution in [3.63, 3.8) is 0 Å². The van der Waals surface area contributed by atoms with E-state index in [0.717, 1.165) is 0 Å². The zero-order valence-electron chi connectivity index (χ0n) is 7.90. The topological polar surface area (TPSA) is 48.3 Å².